The zero-order valence-electron chi connectivity index (χ0n) is 26.0. The third-order valence-electron chi connectivity index (χ3n) is 8.29. The summed E-state index contributed by atoms with van der Waals surface area (Å²) in [6.07, 6.45) is 5.69. The predicted molar refractivity (Wildman–Crippen MR) is 185 cm³/mol. The van der Waals surface area contributed by atoms with Crippen molar-refractivity contribution in [3.63, 3.8) is 0 Å². The molecular weight excluding hydrogens is 702 g/mol. The van der Waals surface area contributed by atoms with E-state index in [9.17, 15) is 12.8 Å². The molecule has 0 fully saturated rings. The molecule has 12 heteroatoms. The van der Waals surface area contributed by atoms with Gasteiger partial charge in [0.05, 0.1) is 32.9 Å². The maximum atomic E-state index is 16.0. The average molecular weight is 736 g/mol. The number of sulfone groups is 1. The standard InChI is InChI=1S/C36H33BrF2N4O4S/c1-2-34(40-15-17-48(44,45)27-10-4-3-5-11-27)36(14-7-16-47-36)29-20-28-32(21-31(29)39)41-23-42-35(28)43-26-12-13-33(30(37)19-26)46-22-24-8-6-9-25(38)18-24/h3-13,16,18-21,23,34,40H,2,14-15,17,22H2,1H3,(H,41,42,43). The van der Waals surface area contributed by atoms with Crippen LogP contribution in [0, 0.1) is 11.6 Å². The summed E-state index contributed by atoms with van der Waals surface area (Å²) < 4.78 is 68.1. The molecule has 0 radical (unpaired) electrons. The number of ether oxygens (including phenoxy) is 2. The number of nitrogens with zero attached hydrogens (tertiary/aromatic N) is 2. The van der Waals surface area contributed by atoms with Crippen LogP contribution in [0.15, 0.2) is 113 Å². The summed E-state index contributed by atoms with van der Waals surface area (Å²) in [4.78, 5) is 9.03. The number of halogens is 3. The minimum atomic E-state index is -3.51. The van der Waals surface area contributed by atoms with Gasteiger partial charge in [-0.3, -0.25) is 0 Å². The smallest absolute Gasteiger partial charge is 0.179 e. The zero-order valence-corrected chi connectivity index (χ0v) is 28.4. The molecule has 0 aliphatic carbocycles. The van der Waals surface area contributed by atoms with Gasteiger partial charge in [0.15, 0.2) is 15.4 Å². The van der Waals surface area contributed by atoms with Crippen molar-refractivity contribution in [2.24, 2.45) is 0 Å². The maximum absolute atomic E-state index is 16.0. The van der Waals surface area contributed by atoms with Gasteiger partial charge in [0.2, 0.25) is 0 Å². The van der Waals surface area contributed by atoms with Crippen molar-refractivity contribution in [2.75, 3.05) is 17.6 Å². The molecule has 0 amide bonds. The largest absolute Gasteiger partial charge is 0.488 e. The molecule has 1 aromatic heterocycles. The molecule has 2 unspecified atom stereocenters. The fourth-order valence-corrected chi connectivity index (χ4v) is 7.59. The molecule has 0 saturated heterocycles. The van der Waals surface area contributed by atoms with Gasteiger partial charge in [0.25, 0.3) is 0 Å². The van der Waals surface area contributed by atoms with Gasteiger partial charge >= 0.3 is 0 Å². The van der Waals surface area contributed by atoms with Gasteiger partial charge in [-0.25, -0.2) is 27.2 Å². The molecule has 8 nitrogen and oxygen atoms in total. The Morgan fingerprint density at radius 2 is 1.85 bits per heavy atom. The molecule has 2 heterocycles. The number of hydrogen-bond acceptors (Lipinski definition) is 8. The minimum Gasteiger partial charge on any atom is -0.488 e. The first-order chi connectivity index (χ1) is 23.2. The van der Waals surface area contributed by atoms with Crippen molar-refractivity contribution in [3.8, 4) is 5.75 Å². The lowest BCUT2D eigenvalue weighted by Gasteiger charge is -2.38. The van der Waals surface area contributed by atoms with E-state index in [-0.39, 0.29) is 29.6 Å². The fraction of sp³-hybridized carbons (Fsp3) is 0.222. The molecule has 6 rings (SSSR count). The Balaban J connectivity index is 1.24. The Labute approximate surface area is 286 Å². The maximum Gasteiger partial charge on any atom is 0.179 e. The van der Waals surface area contributed by atoms with E-state index in [1.807, 2.05) is 25.1 Å². The quantitative estimate of drug-likeness (QED) is 0.126. The van der Waals surface area contributed by atoms with Crippen molar-refractivity contribution < 1.29 is 26.7 Å². The molecule has 0 saturated carbocycles. The molecule has 0 spiro atoms. The number of hydrogen-bond donors (Lipinski definition) is 2. The molecule has 4 aromatic carbocycles. The molecule has 48 heavy (non-hydrogen) atoms. The summed E-state index contributed by atoms with van der Waals surface area (Å²) in [5, 5.41) is 7.23. The van der Waals surface area contributed by atoms with Crippen LogP contribution in [0.25, 0.3) is 10.9 Å². The highest BCUT2D eigenvalue weighted by Gasteiger charge is 2.45. The van der Waals surface area contributed by atoms with E-state index >= 15 is 4.39 Å². The van der Waals surface area contributed by atoms with Crippen molar-refractivity contribution in [3.05, 3.63) is 131 Å². The third-order valence-corrected chi connectivity index (χ3v) is 10.6. The summed E-state index contributed by atoms with van der Waals surface area (Å²) in [5.74, 6) is 0.0910. The van der Waals surface area contributed by atoms with Crippen LogP contribution >= 0.6 is 15.9 Å². The second-order valence-electron chi connectivity index (χ2n) is 11.4. The van der Waals surface area contributed by atoms with Crippen LogP contribution in [-0.2, 0) is 26.8 Å². The lowest BCUT2D eigenvalue weighted by molar-refractivity contribution is -0.00140. The Morgan fingerprint density at radius 3 is 2.58 bits per heavy atom. The van der Waals surface area contributed by atoms with Crippen LogP contribution in [0.2, 0.25) is 0 Å². The molecule has 0 bridgehead atoms. The van der Waals surface area contributed by atoms with E-state index in [0.29, 0.717) is 56.6 Å². The summed E-state index contributed by atoms with van der Waals surface area (Å²) in [7, 11) is -3.51. The number of nitrogens with one attached hydrogen (secondary N) is 2. The lowest BCUT2D eigenvalue weighted by atomic mass is 9.81. The van der Waals surface area contributed by atoms with E-state index in [1.165, 1.54) is 24.5 Å². The Hall–Kier alpha value is -4.39. The van der Waals surface area contributed by atoms with E-state index in [1.54, 1.807) is 60.9 Å². The SMILES string of the molecule is CCC(NCCS(=O)(=O)c1ccccc1)C1(c2cc3c(Nc4ccc(OCc5cccc(F)c5)c(Br)c4)ncnc3cc2F)CC=CO1. The van der Waals surface area contributed by atoms with Gasteiger partial charge in [-0.2, -0.15) is 0 Å². The molecular formula is C36H33BrF2N4O4S. The highest BCUT2D eigenvalue weighted by atomic mass is 79.9. The second kappa shape index (κ2) is 14.4. The first-order valence-electron chi connectivity index (χ1n) is 15.4. The lowest BCUT2D eigenvalue weighted by Crippen LogP contribution is -2.49. The summed E-state index contributed by atoms with van der Waals surface area (Å²) in [6.45, 7) is 2.30. The number of benzene rings is 4. The normalized spacial score (nSPS) is 16.5. The van der Waals surface area contributed by atoms with Crippen LogP contribution in [-0.4, -0.2) is 36.7 Å². The summed E-state index contributed by atoms with van der Waals surface area (Å²) in [6, 6.07) is 22.6. The summed E-state index contributed by atoms with van der Waals surface area (Å²) >= 11 is 3.55. The van der Waals surface area contributed by atoms with Crippen LogP contribution in [0.1, 0.15) is 30.9 Å². The van der Waals surface area contributed by atoms with Gasteiger partial charge < -0.3 is 20.1 Å². The first-order valence-corrected chi connectivity index (χ1v) is 17.9. The van der Waals surface area contributed by atoms with Gasteiger partial charge in [0.1, 0.15) is 36.1 Å². The predicted octanol–water partition coefficient (Wildman–Crippen LogP) is 7.96. The minimum absolute atomic E-state index is 0.122. The molecule has 1 aliphatic rings. The molecule has 2 atom stereocenters. The van der Waals surface area contributed by atoms with E-state index in [4.69, 9.17) is 9.47 Å². The fourth-order valence-electron chi connectivity index (χ4n) is 5.90. The van der Waals surface area contributed by atoms with Crippen LogP contribution < -0.4 is 15.4 Å². The molecule has 248 valence electrons. The van der Waals surface area contributed by atoms with Crippen LogP contribution in [0.4, 0.5) is 20.3 Å². The van der Waals surface area contributed by atoms with E-state index < -0.39 is 27.3 Å². The van der Waals surface area contributed by atoms with Crippen molar-refractivity contribution in [1.82, 2.24) is 15.3 Å². The zero-order chi connectivity index (χ0) is 33.7. The topological polar surface area (TPSA) is 102 Å². The highest BCUT2D eigenvalue weighted by molar-refractivity contribution is 9.10. The van der Waals surface area contributed by atoms with Gasteiger partial charge in [0, 0.05) is 35.7 Å². The number of fused-ring (bicyclic) bond motifs is 1. The van der Waals surface area contributed by atoms with E-state index in [0.717, 1.165) is 0 Å². The number of rotatable bonds is 13. The van der Waals surface area contributed by atoms with Gasteiger partial charge in [-0.1, -0.05) is 37.3 Å². The van der Waals surface area contributed by atoms with Crippen molar-refractivity contribution in [1.29, 1.82) is 0 Å². The number of aromatic nitrogens is 2. The second-order valence-corrected chi connectivity index (χ2v) is 14.4. The first kappa shape index (κ1) is 33.5. The molecule has 1 aliphatic heterocycles. The average Bonchev–Trinajstić information content (AvgIpc) is 3.57. The summed E-state index contributed by atoms with van der Waals surface area (Å²) in [5.41, 5.74) is 0.980. The van der Waals surface area contributed by atoms with Crippen molar-refractivity contribution in [2.45, 2.75) is 42.9 Å². The Kier molecular flexibility index (Phi) is 10.0. The number of anilines is 2. The Bertz CT molecular complexity index is 2060. The highest BCUT2D eigenvalue weighted by Crippen LogP contribution is 2.42. The molecule has 2 N–H and O–H groups in total. The molecule has 5 aromatic rings. The van der Waals surface area contributed by atoms with Crippen LogP contribution in [0.5, 0.6) is 5.75 Å². The third kappa shape index (κ3) is 7.20. The van der Waals surface area contributed by atoms with Crippen LogP contribution in [0.3, 0.4) is 0 Å². The Morgan fingerprint density at radius 1 is 1.02 bits per heavy atom. The van der Waals surface area contributed by atoms with Gasteiger partial charge in [-0.15, -0.1) is 0 Å². The van der Waals surface area contributed by atoms with Crippen molar-refractivity contribution >= 4 is 48.2 Å². The van der Waals surface area contributed by atoms with E-state index in [2.05, 4.69) is 36.5 Å². The monoisotopic (exact) mass is 734 g/mol. The van der Waals surface area contributed by atoms with Gasteiger partial charge in [-0.05, 0) is 82.5 Å².